The third-order valence-electron chi connectivity index (χ3n) is 2.62. The summed E-state index contributed by atoms with van der Waals surface area (Å²) in [6.07, 6.45) is 1.73. The number of rotatable bonds is 6. The molecule has 1 atom stereocenters. The van der Waals surface area contributed by atoms with Crippen LogP contribution in [0.2, 0.25) is 0 Å². The molecular formula is C12H17NO5S2. The SMILES string of the molecule is COc1ccc(OC)c(S(=O)(=O)NC(=O)C(C)SC)c1. The van der Waals surface area contributed by atoms with E-state index in [1.165, 1.54) is 38.1 Å². The van der Waals surface area contributed by atoms with Crippen molar-refractivity contribution in [1.29, 1.82) is 0 Å². The third kappa shape index (κ3) is 3.80. The quantitative estimate of drug-likeness (QED) is 0.850. The lowest BCUT2D eigenvalue weighted by molar-refractivity contribution is -0.118. The van der Waals surface area contributed by atoms with Crippen LogP contribution in [0.4, 0.5) is 0 Å². The Bertz CT molecular complexity index is 586. The van der Waals surface area contributed by atoms with Crippen LogP contribution < -0.4 is 14.2 Å². The van der Waals surface area contributed by atoms with E-state index in [0.717, 1.165) is 0 Å². The number of methoxy groups -OCH3 is 2. The van der Waals surface area contributed by atoms with E-state index in [9.17, 15) is 13.2 Å². The lowest BCUT2D eigenvalue weighted by atomic mass is 10.3. The zero-order valence-corrected chi connectivity index (χ0v) is 13.3. The second-order valence-corrected chi connectivity index (χ2v) is 6.69. The van der Waals surface area contributed by atoms with Gasteiger partial charge in [0.05, 0.1) is 19.5 Å². The van der Waals surface area contributed by atoms with Crippen LogP contribution in [0.5, 0.6) is 11.5 Å². The number of hydrogen-bond donors (Lipinski definition) is 1. The molecule has 0 radical (unpaired) electrons. The van der Waals surface area contributed by atoms with Crippen LogP contribution in [-0.4, -0.2) is 40.1 Å². The molecule has 0 aliphatic rings. The molecule has 1 unspecified atom stereocenters. The van der Waals surface area contributed by atoms with Crippen LogP contribution in [0.15, 0.2) is 23.1 Å². The minimum Gasteiger partial charge on any atom is -0.497 e. The smallest absolute Gasteiger partial charge is 0.267 e. The van der Waals surface area contributed by atoms with Gasteiger partial charge in [0.15, 0.2) is 0 Å². The normalized spacial score (nSPS) is 12.6. The number of thioether (sulfide) groups is 1. The fourth-order valence-electron chi connectivity index (χ4n) is 1.37. The molecule has 0 aromatic heterocycles. The standard InChI is InChI=1S/C12H17NO5S2/c1-8(19-4)12(14)13-20(15,16)11-7-9(17-2)5-6-10(11)18-3/h5-8H,1-4H3,(H,13,14). The second-order valence-electron chi connectivity index (χ2n) is 3.86. The Morgan fingerprint density at radius 2 is 1.95 bits per heavy atom. The van der Waals surface area contributed by atoms with Gasteiger partial charge >= 0.3 is 0 Å². The number of amides is 1. The van der Waals surface area contributed by atoms with Crippen molar-refractivity contribution in [2.75, 3.05) is 20.5 Å². The fraction of sp³-hybridized carbons (Fsp3) is 0.417. The monoisotopic (exact) mass is 319 g/mol. The van der Waals surface area contributed by atoms with Crippen molar-refractivity contribution < 1.29 is 22.7 Å². The summed E-state index contributed by atoms with van der Waals surface area (Å²) in [5.74, 6) is -0.0817. The van der Waals surface area contributed by atoms with E-state index in [2.05, 4.69) is 0 Å². The van der Waals surface area contributed by atoms with Gasteiger partial charge in [0.2, 0.25) is 5.91 Å². The van der Waals surface area contributed by atoms with E-state index in [0.29, 0.717) is 5.75 Å². The lowest BCUT2D eigenvalue weighted by Crippen LogP contribution is -2.36. The van der Waals surface area contributed by atoms with Crippen LogP contribution in [0, 0.1) is 0 Å². The van der Waals surface area contributed by atoms with Crippen LogP contribution in [0.25, 0.3) is 0 Å². The first-order chi connectivity index (χ1) is 9.35. The van der Waals surface area contributed by atoms with Crippen molar-refractivity contribution in [2.45, 2.75) is 17.1 Å². The number of nitrogens with one attached hydrogen (secondary N) is 1. The third-order valence-corrected chi connectivity index (χ3v) is 4.91. The molecule has 112 valence electrons. The van der Waals surface area contributed by atoms with Crippen LogP contribution in [-0.2, 0) is 14.8 Å². The van der Waals surface area contributed by atoms with E-state index in [1.807, 2.05) is 4.72 Å². The molecule has 0 spiro atoms. The molecule has 0 aliphatic heterocycles. The van der Waals surface area contributed by atoms with E-state index in [1.54, 1.807) is 19.2 Å². The predicted octanol–water partition coefficient (Wildman–Crippen LogP) is 1.26. The number of sulfonamides is 1. The van der Waals surface area contributed by atoms with Crippen LogP contribution in [0.3, 0.4) is 0 Å². The minimum absolute atomic E-state index is 0.138. The van der Waals surface area contributed by atoms with Crippen molar-refractivity contribution in [2.24, 2.45) is 0 Å². The molecule has 0 fully saturated rings. The molecule has 0 aliphatic carbocycles. The zero-order chi connectivity index (χ0) is 15.3. The van der Waals surface area contributed by atoms with E-state index in [-0.39, 0.29) is 10.6 Å². The number of carbonyl (C=O) groups excluding carboxylic acids is 1. The molecule has 1 aromatic carbocycles. The summed E-state index contributed by atoms with van der Waals surface area (Å²) in [6, 6.07) is 4.35. The van der Waals surface area contributed by atoms with Gasteiger partial charge in [-0.1, -0.05) is 0 Å². The van der Waals surface area contributed by atoms with Gasteiger partial charge in [0.25, 0.3) is 10.0 Å². The minimum atomic E-state index is -4.01. The summed E-state index contributed by atoms with van der Waals surface area (Å²) >= 11 is 1.25. The molecule has 1 amide bonds. The zero-order valence-electron chi connectivity index (χ0n) is 11.7. The van der Waals surface area contributed by atoms with Gasteiger partial charge in [0.1, 0.15) is 16.4 Å². The summed E-state index contributed by atoms with van der Waals surface area (Å²) in [5, 5.41) is -0.471. The highest BCUT2D eigenvalue weighted by Gasteiger charge is 2.25. The lowest BCUT2D eigenvalue weighted by Gasteiger charge is -2.13. The van der Waals surface area contributed by atoms with Crippen molar-refractivity contribution >= 4 is 27.7 Å². The number of benzene rings is 1. The highest BCUT2D eigenvalue weighted by Crippen LogP contribution is 2.28. The Hall–Kier alpha value is -1.41. The maximum atomic E-state index is 12.2. The van der Waals surface area contributed by atoms with E-state index >= 15 is 0 Å². The van der Waals surface area contributed by atoms with Gasteiger partial charge in [-0.05, 0) is 25.3 Å². The highest BCUT2D eigenvalue weighted by atomic mass is 32.2. The first kappa shape index (κ1) is 16.6. The van der Waals surface area contributed by atoms with Gasteiger partial charge in [-0.3, -0.25) is 4.79 Å². The predicted molar refractivity (Wildman–Crippen MR) is 77.9 cm³/mol. The molecule has 1 N–H and O–H groups in total. The summed E-state index contributed by atoms with van der Waals surface area (Å²) in [6.45, 7) is 1.62. The summed E-state index contributed by atoms with van der Waals surface area (Å²) < 4.78 is 36.5. The number of ether oxygens (including phenoxy) is 2. The molecule has 0 saturated heterocycles. The maximum Gasteiger partial charge on any atom is 0.267 e. The summed E-state index contributed by atoms with van der Waals surface area (Å²) in [7, 11) is -1.23. The van der Waals surface area contributed by atoms with Gasteiger partial charge in [-0.25, -0.2) is 13.1 Å². The molecule has 0 heterocycles. The fourth-order valence-corrected chi connectivity index (χ4v) is 2.96. The molecule has 1 aromatic rings. The number of carbonyl (C=O) groups is 1. The molecule has 0 bridgehead atoms. The Labute approximate surface area is 122 Å². The second kappa shape index (κ2) is 6.85. The average molecular weight is 319 g/mol. The van der Waals surface area contributed by atoms with Crippen LogP contribution >= 0.6 is 11.8 Å². The first-order valence-electron chi connectivity index (χ1n) is 5.67. The average Bonchev–Trinajstić information content (AvgIpc) is 2.44. The van der Waals surface area contributed by atoms with E-state index < -0.39 is 21.2 Å². The van der Waals surface area contributed by atoms with Gasteiger partial charge in [-0.2, -0.15) is 11.8 Å². The summed E-state index contributed by atoms with van der Waals surface area (Å²) in [4.78, 5) is 11.6. The molecule has 1 rings (SSSR count). The Kier molecular flexibility index (Phi) is 5.70. The molecule has 6 nitrogen and oxygen atoms in total. The maximum absolute atomic E-state index is 12.2. The Balaban J connectivity index is 3.17. The molecule has 20 heavy (non-hydrogen) atoms. The van der Waals surface area contributed by atoms with Gasteiger partial charge < -0.3 is 9.47 Å². The van der Waals surface area contributed by atoms with E-state index in [4.69, 9.17) is 9.47 Å². The Morgan fingerprint density at radius 1 is 1.30 bits per heavy atom. The largest absolute Gasteiger partial charge is 0.497 e. The number of hydrogen-bond acceptors (Lipinski definition) is 6. The molecule has 8 heteroatoms. The molecular weight excluding hydrogens is 302 g/mol. The highest BCUT2D eigenvalue weighted by molar-refractivity contribution is 8.00. The van der Waals surface area contributed by atoms with Crippen molar-refractivity contribution in [3.05, 3.63) is 18.2 Å². The van der Waals surface area contributed by atoms with Crippen molar-refractivity contribution in [1.82, 2.24) is 4.72 Å². The van der Waals surface area contributed by atoms with Crippen molar-refractivity contribution in [3.8, 4) is 11.5 Å². The van der Waals surface area contributed by atoms with Crippen LogP contribution in [0.1, 0.15) is 6.92 Å². The first-order valence-corrected chi connectivity index (χ1v) is 8.44. The van der Waals surface area contributed by atoms with Gasteiger partial charge in [-0.15, -0.1) is 0 Å². The molecule has 0 saturated carbocycles. The summed E-state index contributed by atoms with van der Waals surface area (Å²) in [5.41, 5.74) is 0. The van der Waals surface area contributed by atoms with Gasteiger partial charge in [0, 0.05) is 6.07 Å². The topological polar surface area (TPSA) is 81.7 Å². The Morgan fingerprint density at radius 3 is 2.45 bits per heavy atom. The van der Waals surface area contributed by atoms with Crippen molar-refractivity contribution in [3.63, 3.8) is 0 Å².